The number of rotatable bonds is 4. The summed E-state index contributed by atoms with van der Waals surface area (Å²) < 4.78 is 1.85. The molecule has 2 aromatic rings. The van der Waals surface area contributed by atoms with Gasteiger partial charge in [-0.2, -0.15) is 5.10 Å². The zero-order valence-electron chi connectivity index (χ0n) is 16.2. The summed E-state index contributed by atoms with van der Waals surface area (Å²) in [7, 11) is 0. The van der Waals surface area contributed by atoms with Crippen molar-refractivity contribution in [3.05, 3.63) is 47.7 Å². The monoisotopic (exact) mass is 369 g/mol. The zero-order chi connectivity index (χ0) is 19.4. The standard InChI is InChI=1S/C20H27N5O2/c1-4-23-11-8-12-24(14-18(23)26)20(27)21-19-15(2)13-25(22-19)16(3)17-9-6-5-7-10-17/h5-7,9-10,13,16H,4,8,11-12,14H2,1-3H3,(H,21,22,27)/t16-/m0/s1. The van der Waals surface area contributed by atoms with Crippen LogP contribution in [0.25, 0.3) is 0 Å². The molecule has 7 heteroatoms. The number of carbonyl (C=O) groups is 2. The average Bonchev–Trinajstić information content (AvgIpc) is 2.92. The predicted octanol–water partition coefficient (Wildman–Crippen LogP) is 2.89. The van der Waals surface area contributed by atoms with Crippen molar-refractivity contribution in [3.63, 3.8) is 0 Å². The third-order valence-corrected chi connectivity index (χ3v) is 5.02. The first-order valence-corrected chi connectivity index (χ1v) is 9.44. The summed E-state index contributed by atoms with van der Waals surface area (Å²) in [6.07, 6.45) is 2.71. The van der Waals surface area contributed by atoms with Crippen LogP contribution in [0.4, 0.5) is 10.6 Å². The van der Waals surface area contributed by atoms with Crippen LogP contribution in [-0.4, -0.2) is 57.7 Å². The molecular formula is C20H27N5O2. The minimum Gasteiger partial charge on any atom is -0.341 e. The van der Waals surface area contributed by atoms with Crippen molar-refractivity contribution >= 4 is 17.8 Å². The van der Waals surface area contributed by atoms with Crippen LogP contribution in [0.5, 0.6) is 0 Å². The van der Waals surface area contributed by atoms with Gasteiger partial charge in [-0.3, -0.25) is 14.8 Å². The van der Waals surface area contributed by atoms with E-state index in [2.05, 4.69) is 29.5 Å². The maximum Gasteiger partial charge on any atom is 0.323 e. The second kappa shape index (κ2) is 8.24. The van der Waals surface area contributed by atoms with E-state index in [9.17, 15) is 9.59 Å². The molecule has 144 valence electrons. The van der Waals surface area contributed by atoms with Crippen LogP contribution in [0.1, 0.15) is 37.4 Å². The van der Waals surface area contributed by atoms with Crippen LogP contribution in [0.15, 0.2) is 36.5 Å². The number of anilines is 1. The van der Waals surface area contributed by atoms with Crippen molar-refractivity contribution in [3.8, 4) is 0 Å². The second-order valence-corrected chi connectivity index (χ2v) is 6.91. The number of benzene rings is 1. The zero-order valence-corrected chi connectivity index (χ0v) is 16.2. The lowest BCUT2D eigenvalue weighted by molar-refractivity contribution is -0.130. The van der Waals surface area contributed by atoms with E-state index < -0.39 is 0 Å². The Hall–Kier alpha value is -2.83. The van der Waals surface area contributed by atoms with Crippen LogP contribution in [0.2, 0.25) is 0 Å². The molecule has 2 heterocycles. The molecule has 0 bridgehead atoms. The Kier molecular flexibility index (Phi) is 5.78. The summed E-state index contributed by atoms with van der Waals surface area (Å²) in [5, 5.41) is 7.43. The third-order valence-electron chi connectivity index (χ3n) is 5.02. The van der Waals surface area contributed by atoms with E-state index in [0.717, 1.165) is 17.5 Å². The van der Waals surface area contributed by atoms with E-state index in [1.165, 1.54) is 0 Å². The summed E-state index contributed by atoms with van der Waals surface area (Å²) in [5.41, 5.74) is 2.04. The van der Waals surface area contributed by atoms with Gasteiger partial charge in [0.25, 0.3) is 0 Å². The van der Waals surface area contributed by atoms with Crippen LogP contribution in [-0.2, 0) is 4.79 Å². The molecule has 0 aliphatic carbocycles. The summed E-state index contributed by atoms with van der Waals surface area (Å²) in [4.78, 5) is 28.2. The van der Waals surface area contributed by atoms with Gasteiger partial charge in [-0.1, -0.05) is 30.3 Å². The average molecular weight is 369 g/mol. The lowest BCUT2D eigenvalue weighted by Crippen LogP contribution is -2.41. The van der Waals surface area contributed by atoms with Crippen molar-refractivity contribution in [2.45, 2.75) is 33.2 Å². The largest absolute Gasteiger partial charge is 0.341 e. The molecule has 27 heavy (non-hydrogen) atoms. The van der Waals surface area contributed by atoms with E-state index in [4.69, 9.17) is 0 Å². The molecule has 1 saturated heterocycles. The van der Waals surface area contributed by atoms with Gasteiger partial charge in [0.2, 0.25) is 5.91 Å². The number of carbonyl (C=O) groups excluding carboxylic acids is 2. The molecule has 3 amide bonds. The van der Waals surface area contributed by atoms with Gasteiger partial charge in [0.05, 0.1) is 6.04 Å². The van der Waals surface area contributed by atoms with Gasteiger partial charge < -0.3 is 9.80 Å². The number of hydrogen-bond acceptors (Lipinski definition) is 3. The first-order chi connectivity index (χ1) is 13.0. The number of urea groups is 1. The normalized spacial score (nSPS) is 16.2. The van der Waals surface area contributed by atoms with Crippen molar-refractivity contribution in [1.29, 1.82) is 0 Å². The Morgan fingerprint density at radius 1 is 1.26 bits per heavy atom. The molecule has 1 aromatic heterocycles. The van der Waals surface area contributed by atoms with Gasteiger partial charge in [-0.15, -0.1) is 0 Å². The SMILES string of the molecule is CCN1CCCN(C(=O)Nc2nn([C@@H](C)c3ccccc3)cc2C)CC1=O. The summed E-state index contributed by atoms with van der Waals surface area (Å²) >= 11 is 0. The summed E-state index contributed by atoms with van der Waals surface area (Å²) in [5.74, 6) is 0.525. The molecule has 0 spiro atoms. The van der Waals surface area contributed by atoms with Crippen molar-refractivity contribution < 1.29 is 9.59 Å². The van der Waals surface area contributed by atoms with E-state index >= 15 is 0 Å². The van der Waals surface area contributed by atoms with E-state index in [1.807, 2.05) is 42.9 Å². The van der Waals surface area contributed by atoms with Crippen molar-refractivity contribution in [2.24, 2.45) is 0 Å². The Bertz CT molecular complexity index is 802. The van der Waals surface area contributed by atoms with Gasteiger partial charge in [0, 0.05) is 31.4 Å². The molecular weight excluding hydrogens is 342 g/mol. The van der Waals surface area contributed by atoms with E-state index in [-0.39, 0.29) is 24.5 Å². The highest BCUT2D eigenvalue weighted by molar-refractivity contribution is 5.92. The highest BCUT2D eigenvalue weighted by Crippen LogP contribution is 2.21. The predicted molar refractivity (Wildman–Crippen MR) is 105 cm³/mol. The first-order valence-electron chi connectivity index (χ1n) is 9.44. The van der Waals surface area contributed by atoms with E-state index in [1.54, 1.807) is 9.80 Å². The van der Waals surface area contributed by atoms with Gasteiger partial charge in [0.1, 0.15) is 6.54 Å². The minimum absolute atomic E-state index is 0.00917. The molecule has 1 fully saturated rings. The molecule has 1 N–H and O–H groups in total. The highest BCUT2D eigenvalue weighted by atomic mass is 16.2. The maximum absolute atomic E-state index is 12.7. The number of nitrogens with zero attached hydrogens (tertiary/aromatic N) is 4. The lowest BCUT2D eigenvalue weighted by atomic mass is 10.1. The minimum atomic E-state index is -0.276. The Morgan fingerprint density at radius 2 is 2.00 bits per heavy atom. The molecule has 1 aromatic carbocycles. The highest BCUT2D eigenvalue weighted by Gasteiger charge is 2.25. The Morgan fingerprint density at radius 3 is 2.70 bits per heavy atom. The van der Waals surface area contributed by atoms with Crippen molar-refractivity contribution in [2.75, 3.05) is 31.5 Å². The first kappa shape index (κ1) is 18.9. The topological polar surface area (TPSA) is 70.5 Å². The second-order valence-electron chi connectivity index (χ2n) is 6.91. The summed E-state index contributed by atoms with van der Waals surface area (Å²) in [6, 6.07) is 9.89. The fourth-order valence-corrected chi connectivity index (χ4v) is 3.30. The number of nitrogens with one attached hydrogen (secondary N) is 1. The van der Waals surface area contributed by atoms with Gasteiger partial charge in [-0.25, -0.2) is 4.79 Å². The van der Waals surface area contributed by atoms with Crippen LogP contribution in [0.3, 0.4) is 0 Å². The Labute approximate surface area is 159 Å². The number of amides is 3. The molecule has 0 unspecified atom stereocenters. The maximum atomic E-state index is 12.7. The molecule has 7 nitrogen and oxygen atoms in total. The number of likely N-dealkylation sites (N-methyl/N-ethyl adjacent to an activating group) is 1. The molecule has 0 radical (unpaired) electrons. The number of aromatic nitrogens is 2. The van der Waals surface area contributed by atoms with Crippen LogP contribution < -0.4 is 5.32 Å². The van der Waals surface area contributed by atoms with Gasteiger partial charge in [-0.05, 0) is 32.8 Å². The number of hydrogen-bond donors (Lipinski definition) is 1. The molecule has 1 atom stereocenters. The smallest absolute Gasteiger partial charge is 0.323 e. The van der Waals surface area contributed by atoms with Crippen LogP contribution in [0, 0.1) is 6.92 Å². The van der Waals surface area contributed by atoms with Crippen LogP contribution >= 0.6 is 0 Å². The van der Waals surface area contributed by atoms with E-state index in [0.29, 0.717) is 25.5 Å². The van der Waals surface area contributed by atoms with Crippen molar-refractivity contribution in [1.82, 2.24) is 19.6 Å². The molecule has 1 aliphatic rings. The quantitative estimate of drug-likeness (QED) is 0.901. The fourth-order valence-electron chi connectivity index (χ4n) is 3.30. The molecule has 3 rings (SSSR count). The van der Waals surface area contributed by atoms with Gasteiger partial charge in [0.15, 0.2) is 5.82 Å². The molecule has 0 saturated carbocycles. The summed E-state index contributed by atoms with van der Waals surface area (Å²) in [6.45, 7) is 7.99. The lowest BCUT2D eigenvalue weighted by Gasteiger charge is -2.20. The molecule has 1 aliphatic heterocycles. The Balaban J connectivity index is 1.70. The fraction of sp³-hybridized carbons (Fsp3) is 0.450. The van der Waals surface area contributed by atoms with Gasteiger partial charge >= 0.3 is 6.03 Å². The third kappa shape index (κ3) is 4.30. The number of aryl methyl sites for hydroxylation is 1.